The zero-order valence-electron chi connectivity index (χ0n) is 11.6. The van der Waals surface area contributed by atoms with E-state index >= 15 is 0 Å². The van der Waals surface area contributed by atoms with Crippen molar-refractivity contribution in [3.8, 4) is 0 Å². The molecule has 3 unspecified atom stereocenters. The second kappa shape index (κ2) is 6.51. The molecule has 0 radical (unpaired) electrons. The van der Waals surface area contributed by atoms with Crippen LogP contribution in [0, 0.1) is 17.7 Å². The first-order valence-corrected chi connectivity index (χ1v) is 7.44. The van der Waals surface area contributed by atoms with E-state index in [-0.39, 0.29) is 34.9 Å². The van der Waals surface area contributed by atoms with Gasteiger partial charge in [0.2, 0.25) is 0 Å². The predicted molar refractivity (Wildman–Crippen MR) is 83.4 cm³/mol. The number of fused-ring (bicyclic) bond motifs is 1. The molecule has 21 heavy (non-hydrogen) atoms. The van der Waals surface area contributed by atoms with Gasteiger partial charge >= 0.3 is 0 Å². The molecule has 0 bridgehead atoms. The number of nitrogens with zero attached hydrogens (tertiary/aromatic N) is 1. The van der Waals surface area contributed by atoms with Crippen molar-refractivity contribution in [3.63, 3.8) is 0 Å². The fraction of sp³-hybridized carbons (Fsp3) is 0.533. The number of rotatable bonds is 1. The maximum absolute atomic E-state index is 13.8. The molecule has 116 valence electrons. The van der Waals surface area contributed by atoms with Gasteiger partial charge < -0.3 is 10.6 Å². The van der Waals surface area contributed by atoms with Crippen LogP contribution in [0.2, 0.25) is 5.02 Å². The number of halogens is 3. The Labute approximate surface area is 135 Å². The van der Waals surface area contributed by atoms with Crippen LogP contribution >= 0.6 is 24.0 Å². The minimum absolute atomic E-state index is 0. The minimum atomic E-state index is -0.554. The maximum atomic E-state index is 13.8. The lowest BCUT2D eigenvalue weighted by Crippen LogP contribution is -2.38. The van der Waals surface area contributed by atoms with Gasteiger partial charge in [-0.3, -0.25) is 4.79 Å². The maximum Gasteiger partial charge on any atom is 0.258 e. The molecular weight excluding hydrogens is 314 g/mol. The summed E-state index contributed by atoms with van der Waals surface area (Å²) in [5.74, 6) is -0.0668. The summed E-state index contributed by atoms with van der Waals surface area (Å²) in [5.41, 5.74) is 6.13. The third-order valence-electron chi connectivity index (χ3n) is 4.62. The second-order valence-electron chi connectivity index (χ2n) is 5.83. The van der Waals surface area contributed by atoms with Gasteiger partial charge in [0, 0.05) is 19.1 Å². The normalized spacial score (nSPS) is 28.0. The van der Waals surface area contributed by atoms with Crippen LogP contribution in [0.4, 0.5) is 4.39 Å². The molecule has 1 aliphatic heterocycles. The Kier molecular flexibility index (Phi) is 5.12. The summed E-state index contributed by atoms with van der Waals surface area (Å²) < 4.78 is 13.8. The Morgan fingerprint density at radius 2 is 2.10 bits per heavy atom. The topological polar surface area (TPSA) is 46.3 Å². The zero-order valence-corrected chi connectivity index (χ0v) is 13.2. The first-order valence-electron chi connectivity index (χ1n) is 7.07. The van der Waals surface area contributed by atoms with Gasteiger partial charge in [0.15, 0.2) is 0 Å². The van der Waals surface area contributed by atoms with Crippen LogP contribution in [-0.4, -0.2) is 29.9 Å². The molecular formula is C15H19Cl2FN2O. The Hall–Kier alpha value is -0.840. The predicted octanol–water partition coefficient (Wildman–Crippen LogP) is 3.10. The van der Waals surface area contributed by atoms with E-state index in [9.17, 15) is 9.18 Å². The summed E-state index contributed by atoms with van der Waals surface area (Å²) in [4.78, 5) is 14.2. The van der Waals surface area contributed by atoms with Crippen molar-refractivity contribution < 1.29 is 9.18 Å². The molecule has 1 aliphatic carbocycles. The lowest BCUT2D eigenvalue weighted by Gasteiger charge is -2.29. The Morgan fingerprint density at radius 1 is 1.33 bits per heavy atom. The summed E-state index contributed by atoms with van der Waals surface area (Å²) >= 11 is 5.97. The summed E-state index contributed by atoms with van der Waals surface area (Å²) in [5, 5.41) is 0.175. The van der Waals surface area contributed by atoms with E-state index in [4.69, 9.17) is 17.3 Å². The third kappa shape index (κ3) is 3.03. The highest BCUT2D eigenvalue weighted by molar-refractivity contribution is 6.33. The quantitative estimate of drug-likeness (QED) is 0.858. The monoisotopic (exact) mass is 332 g/mol. The number of benzene rings is 1. The molecule has 0 spiro atoms. The van der Waals surface area contributed by atoms with Crippen LogP contribution < -0.4 is 5.73 Å². The lowest BCUT2D eigenvalue weighted by atomic mass is 9.78. The van der Waals surface area contributed by atoms with E-state index in [0.717, 1.165) is 19.3 Å². The minimum Gasteiger partial charge on any atom is -0.338 e. The van der Waals surface area contributed by atoms with Crippen molar-refractivity contribution in [3.05, 3.63) is 34.6 Å². The zero-order chi connectivity index (χ0) is 14.3. The molecule has 1 saturated carbocycles. The Morgan fingerprint density at radius 3 is 2.76 bits per heavy atom. The lowest BCUT2D eigenvalue weighted by molar-refractivity contribution is 0.0779. The molecule has 2 fully saturated rings. The van der Waals surface area contributed by atoms with E-state index in [2.05, 4.69) is 0 Å². The molecule has 6 heteroatoms. The van der Waals surface area contributed by atoms with Crippen LogP contribution in [0.15, 0.2) is 18.2 Å². The molecule has 3 rings (SSSR count). The number of carbonyl (C=O) groups excluding carboxylic acids is 1. The van der Waals surface area contributed by atoms with Gasteiger partial charge in [-0.2, -0.15) is 0 Å². The standard InChI is InChI=1S/C15H18ClFN2O.ClH/c16-11-4-2-5-12(17)14(11)15(20)19-7-9-3-1-6-13(18)10(9)8-19;/h2,4-5,9-10,13H,1,3,6-8,18H2;1H. The SMILES string of the molecule is Cl.NC1CCCC2CN(C(=O)c3c(F)cccc3Cl)CC12. The highest BCUT2D eigenvalue weighted by Crippen LogP contribution is 2.36. The van der Waals surface area contributed by atoms with Crippen LogP contribution in [0.5, 0.6) is 0 Å². The summed E-state index contributed by atoms with van der Waals surface area (Å²) in [6, 6.07) is 4.48. The van der Waals surface area contributed by atoms with Crippen LogP contribution in [-0.2, 0) is 0 Å². The molecule has 1 aromatic rings. The largest absolute Gasteiger partial charge is 0.338 e. The van der Waals surface area contributed by atoms with Crippen molar-refractivity contribution in [1.29, 1.82) is 0 Å². The van der Waals surface area contributed by atoms with Gasteiger partial charge in [-0.05, 0) is 36.8 Å². The number of likely N-dealkylation sites (tertiary alicyclic amines) is 1. The summed E-state index contributed by atoms with van der Waals surface area (Å²) in [6.45, 7) is 1.29. The number of carbonyl (C=O) groups is 1. The van der Waals surface area contributed by atoms with E-state index < -0.39 is 5.82 Å². The smallest absolute Gasteiger partial charge is 0.258 e. The van der Waals surface area contributed by atoms with Crippen molar-refractivity contribution in [2.24, 2.45) is 17.6 Å². The summed E-state index contributed by atoms with van der Waals surface area (Å²) in [6.07, 6.45) is 3.24. The van der Waals surface area contributed by atoms with Crippen LogP contribution in [0.1, 0.15) is 29.6 Å². The molecule has 3 nitrogen and oxygen atoms in total. The molecule has 0 aromatic heterocycles. The van der Waals surface area contributed by atoms with Gasteiger partial charge in [0.1, 0.15) is 5.82 Å². The number of nitrogens with two attached hydrogens (primary N) is 1. The Bertz CT molecular complexity index is 520. The van der Waals surface area contributed by atoms with E-state index in [1.54, 1.807) is 11.0 Å². The van der Waals surface area contributed by atoms with Gasteiger partial charge in [-0.25, -0.2) is 4.39 Å². The highest BCUT2D eigenvalue weighted by atomic mass is 35.5. The first kappa shape index (κ1) is 16.5. The average molecular weight is 333 g/mol. The van der Waals surface area contributed by atoms with Crippen molar-refractivity contribution in [2.75, 3.05) is 13.1 Å². The first-order chi connectivity index (χ1) is 9.58. The fourth-order valence-corrected chi connectivity index (χ4v) is 3.79. The van der Waals surface area contributed by atoms with E-state index in [1.807, 2.05) is 0 Å². The number of amides is 1. The van der Waals surface area contributed by atoms with Crippen LogP contribution in [0.25, 0.3) is 0 Å². The second-order valence-corrected chi connectivity index (χ2v) is 6.23. The van der Waals surface area contributed by atoms with Gasteiger partial charge in [-0.1, -0.05) is 24.1 Å². The molecule has 2 aliphatic rings. The van der Waals surface area contributed by atoms with Gasteiger partial charge in [0.05, 0.1) is 10.6 Å². The highest BCUT2D eigenvalue weighted by Gasteiger charge is 2.41. The van der Waals surface area contributed by atoms with Crippen LogP contribution in [0.3, 0.4) is 0 Å². The van der Waals surface area contributed by atoms with E-state index in [0.29, 0.717) is 24.9 Å². The molecule has 1 amide bonds. The van der Waals surface area contributed by atoms with Crippen molar-refractivity contribution in [1.82, 2.24) is 4.90 Å². The Balaban J connectivity index is 0.00000161. The average Bonchev–Trinajstić information content (AvgIpc) is 2.84. The molecule has 2 N–H and O–H groups in total. The van der Waals surface area contributed by atoms with Crippen molar-refractivity contribution >= 4 is 29.9 Å². The van der Waals surface area contributed by atoms with Gasteiger partial charge in [-0.15, -0.1) is 12.4 Å². The fourth-order valence-electron chi connectivity index (χ4n) is 3.54. The number of hydrogen-bond acceptors (Lipinski definition) is 2. The number of hydrogen-bond donors (Lipinski definition) is 1. The van der Waals surface area contributed by atoms with Crippen molar-refractivity contribution in [2.45, 2.75) is 25.3 Å². The van der Waals surface area contributed by atoms with Gasteiger partial charge in [0.25, 0.3) is 5.91 Å². The molecule has 1 heterocycles. The summed E-state index contributed by atoms with van der Waals surface area (Å²) in [7, 11) is 0. The van der Waals surface area contributed by atoms with E-state index in [1.165, 1.54) is 12.1 Å². The molecule has 1 aromatic carbocycles. The third-order valence-corrected chi connectivity index (χ3v) is 4.93. The molecule has 3 atom stereocenters. The molecule has 1 saturated heterocycles.